The van der Waals surface area contributed by atoms with Crippen LogP contribution in [0.1, 0.15) is 77.0 Å². The summed E-state index contributed by atoms with van der Waals surface area (Å²) in [5.74, 6) is -0.596. The van der Waals surface area contributed by atoms with Crippen LogP contribution in [0.3, 0.4) is 0 Å². The molecule has 124 valence electrons. The third-order valence-corrected chi connectivity index (χ3v) is 4.40. The van der Waals surface area contributed by atoms with Crippen LogP contribution in [0, 0.1) is 5.92 Å². The Hall–Kier alpha value is -1.39. The molecule has 0 saturated carbocycles. The summed E-state index contributed by atoms with van der Waals surface area (Å²) in [6, 6.07) is 0. The van der Waals surface area contributed by atoms with E-state index in [0.29, 0.717) is 25.9 Å². The second kappa shape index (κ2) is 9.59. The number of carbonyl (C=O) groups excluding carboxylic acids is 2. The summed E-state index contributed by atoms with van der Waals surface area (Å²) < 4.78 is 5.22. The number of fused-ring (bicyclic) bond motifs is 1. The smallest absolute Gasteiger partial charge is 0.343 e. The Morgan fingerprint density at radius 1 is 0.818 bits per heavy atom. The fourth-order valence-corrected chi connectivity index (χ4v) is 3.05. The minimum Gasteiger partial charge on any atom is -0.466 e. The highest BCUT2D eigenvalue weighted by Gasteiger charge is 2.31. The van der Waals surface area contributed by atoms with E-state index in [0.717, 1.165) is 31.4 Å². The average Bonchev–Trinajstić information content (AvgIpc) is 2.85. The van der Waals surface area contributed by atoms with Gasteiger partial charge in [-0.05, 0) is 32.1 Å². The lowest BCUT2D eigenvalue weighted by molar-refractivity contribution is -0.144. The molecule has 0 aromatic carbocycles. The Balaban J connectivity index is 1.81. The predicted octanol–water partition coefficient (Wildman–Crippen LogP) is 3.75. The van der Waals surface area contributed by atoms with Crippen LogP contribution in [0.2, 0.25) is 0 Å². The van der Waals surface area contributed by atoms with E-state index in [1.807, 2.05) is 0 Å². The molecule has 1 fully saturated rings. The van der Waals surface area contributed by atoms with Crippen LogP contribution in [0.25, 0.3) is 0 Å². The average molecular weight is 309 g/mol. The molecule has 22 heavy (non-hydrogen) atoms. The molecule has 1 saturated heterocycles. The summed E-state index contributed by atoms with van der Waals surface area (Å²) in [5.41, 5.74) is 0.876. The number of esters is 1. The highest BCUT2D eigenvalue weighted by Crippen LogP contribution is 2.22. The van der Waals surface area contributed by atoms with Crippen LogP contribution >= 0.6 is 0 Å². The zero-order chi connectivity index (χ0) is 15.6. The van der Waals surface area contributed by atoms with Gasteiger partial charge in [-0.3, -0.25) is 4.79 Å². The maximum Gasteiger partial charge on any atom is 0.343 e. The molecule has 0 aromatic heterocycles. The molecule has 5 heteroatoms. The molecule has 2 rings (SSSR count). The van der Waals surface area contributed by atoms with Crippen LogP contribution in [0.15, 0.2) is 5.16 Å². The van der Waals surface area contributed by atoms with E-state index >= 15 is 0 Å². The summed E-state index contributed by atoms with van der Waals surface area (Å²) in [7, 11) is 0. The number of oxime groups is 1. The topological polar surface area (TPSA) is 65.0 Å². The number of cyclic esters (lactones) is 1. The quantitative estimate of drug-likeness (QED) is 0.505. The van der Waals surface area contributed by atoms with Gasteiger partial charge in [0.15, 0.2) is 0 Å². The molecule has 0 N–H and O–H groups in total. The van der Waals surface area contributed by atoms with E-state index in [2.05, 4.69) is 5.16 Å². The van der Waals surface area contributed by atoms with Gasteiger partial charge >= 0.3 is 11.9 Å². The van der Waals surface area contributed by atoms with Crippen molar-refractivity contribution in [3.05, 3.63) is 0 Å². The summed E-state index contributed by atoms with van der Waals surface area (Å²) in [5, 5.41) is 3.93. The van der Waals surface area contributed by atoms with Gasteiger partial charge in [0.1, 0.15) is 5.92 Å². The first-order valence-corrected chi connectivity index (χ1v) is 8.70. The van der Waals surface area contributed by atoms with E-state index < -0.39 is 0 Å². The van der Waals surface area contributed by atoms with E-state index in [1.165, 1.54) is 32.1 Å². The van der Waals surface area contributed by atoms with Crippen molar-refractivity contribution in [1.82, 2.24) is 0 Å². The second-order valence-electron chi connectivity index (χ2n) is 6.24. The number of ether oxygens (including phenoxy) is 1. The van der Waals surface area contributed by atoms with Crippen molar-refractivity contribution in [1.29, 1.82) is 0 Å². The Kier molecular flexibility index (Phi) is 7.40. The number of hydrogen-bond acceptors (Lipinski definition) is 5. The van der Waals surface area contributed by atoms with Gasteiger partial charge in [0.05, 0.1) is 12.3 Å². The molecule has 2 heterocycles. The maximum absolute atomic E-state index is 11.7. The summed E-state index contributed by atoms with van der Waals surface area (Å²) in [6.07, 6.45) is 11.9. The van der Waals surface area contributed by atoms with Crippen LogP contribution < -0.4 is 0 Å². The molecular formula is C17H27NO4. The zero-order valence-electron chi connectivity index (χ0n) is 13.3. The van der Waals surface area contributed by atoms with Crippen molar-refractivity contribution in [3.8, 4) is 0 Å². The van der Waals surface area contributed by atoms with Crippen LogP contribution in [-0.2, 0) is 19.2 Å². The van der Waals surface area contributed by atoms with Crippen molar-refractivity contribution >= 4 is 17.7 Å². The Labute approximate surface area is 132 Å². The van der Waals surface area contributed by atoms with Crippen LogP contribution in [-0.4, -0.2) is 24.3 Å². The molecule has 0 spiro atoms. The van der Waals surface area contributed by atoms with Gasteiger partial charge in [-0.2, -0.15) is 0 Å². The molecular weight excluding hydrogens is 282 g/mol. The van der Waals surface area contributed by atoms with E-state index in [4.69, 9.17) is 9.57 Å². The number of rotatable bonds is 0. The fourth-order valence-electron chi connectivity index (χ4n) is 3.05. The summed E-state index contributed by atoms with van der Waals surface area (Å²) in [4.78, 5) is 28.1. The van der Waals surface area contributed by atoms with E-state index in [9.17, 15) is 9.59 Å². The molecule has 0 aromatic rings. The molecule has 0 radical (unpaired) electrons. The summed E-state index contributed by atoms with van der Waals surface area (Å²) in [6.45, 7) is 0.385. The largest absolute Gasteiger partial charge is 0.466 e. The highest BCUT2D eigenvalue weighted by molar-refractivity contribution is 6.04. The first-order valence-electron chi connectivity index (χ1n) is 8.70. The predicted molar refractivity (Wildman–Crippen MR) is 83.4 cm³/mol. The van der Waals surface area contributed by atoms with Crippen molar-refractivity contribution in [3.63, 3.8) is 0 Å². The lowest BCUT2D eigenvalue weighted by Crippen LogP contribution is -2.19. The SMILES string of the molecule is O=C1CCCCCCCCCCC2=NOC(=O)C2CCCO1. The van der Waals surface area contributed by atoms with Gasteiger partial charge < -0.3 is 9.57 Å². The van der Waals surface area contributed by atoms with Gasteiger partial charge in [0.2, 0.25) is 0 Å². The van der Waals surface area contributed by atoms with Gasteiger partial charge in [-0.25, -0.2) is 4.79 Å². The number of hydrogen-bond donors (Lipinski definition) is 0. The molecule has 0 aliphatic carbocycles. The monoisotopic (exact) mass is 309 g/mol. The molecule has 2 aliphatic heterocycles. The van der Waals surface area contributed by atoms with Gasteiger partial charge in [-0.1, -0.05) is 43.7 Å². The standard InChI is InChI=1S/C17H27NO4/c19-16-12-8-6-4-2-1-3-5-7-11-15-14(10-9-13-21-16)17(20)22-18-15/h14H,1-13H2. The Morgan fingerprint density at radius 3 is 2.18 bits per heavy atom. The van der Waals surface area contributed by atoms with Crippen molar-refractivity contribution in [2.45, 2.75) is 77.0 Å². The minimum atomic E-state index is -0.251. The third-order valence-electron chi connectivity index (χ3n) is 4.40. The molecule has 5 nitrogen and oxygen atoms in total. The van der Waals surface area contributed by atoms with E-state index in [1.54, 1.807) is 0 Å². The zero-order valence-corrected chi connectivity index (χ0v) is 13.3. The first kappa shape index (κ1) is 17.0. The van der Waals surface area contributed by atoms with Gasteiger partial charge in [0, 0.05) is 6.42 Å². The van der Waals surface area contributed by atoms with Gasteiger partial charge in [0.25, 0.3) is 0 Å². The number of nitrogens with zero attached hydrogens (tertiary/aromatic N) is 1. The minimum absolute atomic E-state index is 0.118. The number of carbonyl (C=O) groups is 2. The Morgan fingerprint density at radius 2 is 1.45 bits per heavy atom. The van der Waals surface area contributed by atoms with E-state index in [-0.39, 0.29) is 17.9 Å². The highest BCUT2D eigenvalue weighted by atomic mass is 16.7. The normalized spacial score (nSPS) is 26.4. The second-order valence-corrected chi connectivity index (χ2v) is 6.24. The van der Waals surface area contributed by atoms with Crippen molar-refractivity contribution in [2.75, 3.05) is 6.61 Å². The molecule has 0 bridgehead atoms. The maximum atomic E-state index is 11.7. The van der Waals surface area contributed by atoms with Crippen molar-refractivity contribution in [2.24, 2.45) is 11.1 Å². The van der Waals surface area contributed by atoms with Gasteiger partial charge in [-0.15, -0.1) is 0 Å². The van der Waals surface area contributed by atoms with Crippen LogP contribution in [0.5, 0.6) is 0 Å². The third kappa shape index (κ3) is 5.78. The molecule has 0 amide bonds. The lowest BCUT2D eigenvalue weighted by atomic mass is 9.94. The van der Waals surface area contributed by atoms with Crippen molar-refractivity contribution < 1.29 is 19.2 Å². The fraction of sp³-hybridized carbons (Fsp3) is 0.824. The summed E-state index contributed by atoms with van der Waals surface area (Å²) >= 11 is 0. The molecule has 1 atom stereocenters. The lowest BCUT2D eigenvalue weighted by Gasteiger charge is -2.09. The van der Waals surface area contributed by atoms with Crippen LogP contribution in [0.4, 0.5) is 0 Å². The Bertz CT molecular complexity index is 405. The molecule has 2 aliphatic rings. The molecule has 1 unspecified atom stereocenters. The first-order chi connectivity index (χ1) is 10.8.